The first-order valence-corrected chi connectivity index (χ1v) is 9.06. The van der Waals surface area contributed by atoms with E-state index >= 15 is 0 Å². The van der Waals surface area contributed by atoms with E-state index in [1.165, 1.54) is 61.3 Å². The molecule has 0 amide bonds. The summed E-state index contributed by atoms with van der Waals surface area (Å²) in [4.78, 5) is 5.79. The van der Waals surface area contributed by atoms with E-state index in [1.807, 2.05) is 6.20 Å². The quantitative estimate of drug-likeness (QED) is 0.552. The summed E-state index contributed by atoms with van der Waals surface area (Å²) in [5.74, 6) is 0. The lowest BCUT2D eigenvalue weighted by Crippen LogP contribution is -2.37. The fourth-order valence-electron chi connectivity index (χ4n) is 2.38. The average Bonchev–Trinajstić information content (AvgIpc) is 2.84. The first kappa shape index (κ1) is 17.6. The SMILES string of the molecule is CCCCCCCCCCNC(C)(C)c1ncc(C)s1. The number of thiazole rings is 1. The molecule has 0 unspecified atom stereocenters. The Morgan fingerprint density at radius 2 is 1.65 bits per heavy atom. The number of rotatable bonds is 11. The van der Waals surface area contributed by atoms with Gasteiger partial charge in [-0.15, -0.1) is 11.3 Å². The Kier molecular flexibility index (Phi) is 8.39. The number of nitrogens with zero attached hydrogens (tertiary/aromatic N) is 1. The smallest absolute Gasteiger partial charge is 0.112 e. The fourth-order valence-corrected chi connectivity index (χ4v) is 3.22. The van der Waals surface area contributed by atoms with Crippen molar-refractivity contribution in [1.82, 2.24) is 10.3 Å². The summed E-state index contributed by atoms with van der Waals surface area (Å²) in [5, 5.41) is 4.85. The summed E-state index contributed by atoms with van der Waals surface area (Å²) in [6.07, 6.45) is 13.0. The minimum Gasteiger partial charge on any atom is -0.306 e. The van der Waals surface area contributed by atoms with E-state index in [0.29, 0.717) is 0 Å². The highest BCUT2D eigenvalue weighted by Gasteiger charge is 2.22. The Bertz CT molecular complexity index is 358. The van der Waals surface area contributed by atoms with Crippen LogP contribution >= 0.6 is 11.3 Å². The highest BCUT2D eigenvalue weighted by atomic mass is 32.1. The molecular weight excluding hydrogens is 264 g/mol. The molecule has 0 atom stereocenters. The maximum atomic E-state index is 4.50. The van der Waals surface area contributed by atoms with Gasteiger partial charge in [-0.25, -0.2) is 4.98 Å². The van der Waals surface area contributed by atoms with Crippen LogP contribution < -0.4 is 5.32 Å². The Labute approximate surface area is 129 Å². The van der Waals surface area contributed by atoms with Gasteiger partial charge in [0.2, 0.25) is 0 Å². The van der Waals surface area contributed by atoms with Crippen molar-refractivity contribution in [3.05, 3.63) is 16.1 Å². The van der Waals surface area contributed by atoms with Crippen molar-refractivity contribution in [2.45, 2.75) is 84.6 Å². The molecule has 0 spiro atoms. The van der Waals surface area contributed by atoms with Crippen LogP contribution in [0.4, 0.5) is 0 Å². The van der Waals surface area contributed by atoms with Crippen molar-refractivity contribution in [2.24, 2.45) is 0 Å². The summed E-state index contributed by atoms with van der Waals surface area (Å²) in [6, 6.07) is 0. The van der Waals surface area contributed by atoms with Crippen molar-refractivity contribution in [1.29, 1.82) is 0 Å². The maximum Gasteiger partial charge on any atom is 0.112 e. The third kappa shape index (κ3) is 6.85. The molecule has 0 aliphatic rings. The van der Waals surface area contributed by atoms with Crippen LogP contribution in [0.2, 0.25) is 0 Å². The molecular formula is C17H32N2S. The minimum atomic E-state index is 0.0139. The van der Waals surface area contributed by atoms with Gasteiger partial charge < -0.3 is 5.32 Å². The average molecular weight is 297 g/mol. The van der Waals surface area contributed by atoms with Crippen LogP contribution in [0.3, 0.4) is 0 Å². The number of hydrogen-bond acceptors (Lipinski definition) is 3. The molecule has 0 radical (unpaired) electrons. The number of aromatic nitrogens is 1. The van der Waals surface area contributed by atoms with Crippen LogP contribution in [-0.2, 0) is 5.54 Å². The third-order valence-electron chi connectivity index (χ3n) is 3.75. The summed E-state index contributed by atoms with van der Waals surface area (Å²) in [7, 11) is 0. The number of hydrogen-bond donors (Lipinski definition) is 1. The molecule has 0 aromatic carbocycles. The van der Waals surface area contributed by atoms with E-state index in [4.69, 9.17) is 0 Å². The zero-order chi connectivity index (χ0) is 14.8. The topological polar surface area (TPSA) is 24.9 Å². The Hall–Kier alpha value is -0.410. The molecule has 1 heterocycles. The largest absolute Gasteiger partial charge is 0.306 e. The highest BCUT2D eigenvalue weighted by molar-refractivity contribution is 7.11. The van der Waals surface area contributed by atoms with Crippen molar-refractivity contribution in [3.63, 3.8) is 0 Å². The standard InChI is InChI=1S/C17H32N2S/c1-5-6-7-8-9-10-11-12-13-19-17(3,4)16-18-14-15(2)20-16/h14,19H,5-13H2,1-4H3. The summed E-state index contributed by atoms with van der Waals surface area (Å²) >= 11 is 1.80. The van der Waals surface area contributed by atoms with Gasteiger partial charge in [-0.1, -0.05) is 51.9 Å². The number of unbranched alkanes of at least 4 members (excludes halogenated alkanes) is 7. The van der Waals surface area contributed by atoms with Crippen LogP contribution in [-0.4, -0.2) is 11.5 Å². The van der Waals surface area contributed by atoms with Gasteiger partial charge in [0.05, 0.1) is 5.54 Å². The van der Waals surface area contributed by atoms with E-state index < -0.39 is 0 Å². The van der Waals surface area contributed by atoms with Gasteiger partial charge in [0.15, 0.2) is 0 Å². The maximum absolute atomic E-state index is 4.50. The summed E-state index contributed by atoms with van der Waals surface area (Å²) in [5.41, 5.74) is 0.0139. The molecule has 116 valence electrons. The van der Waals surface area contributed by atoms with Gasteiger partial charge in [0.1, 0.15) is 5.01 Å². The lowest BCUT2D eigenvalue weighted by molar-refractivity contribution is 0.393. The van der Waals surface area contributed by atoms with E-state index in [9.17, 15) is 0 Å². The molecule has 0 saturated carbocycles. The molecule has 1 aromatic heterocycles. The summed E-state index contributed by atoms with van der Waals surface area (Å²) in [6.45, 7) is 9.96. The second-order valence-electron chi connectivity index (χ2n) is 6.30. The second kappa shape index (κ2) is 9.51. The van der Waals surface area contributed by atoms with Crippen molar-refractivity contribution in [3.8, 4) is 0 Å². The second-order valence-corrected chi connectivity index (χ2v) is 7.54. The molecule has 0 fully saturated rings. The molecule has 1 aromatic rings. The molecule has 2 nitrogen and oxygen atoms in total. The van der Waals surface area contributed by atoms with Gasteiger partial charge in [0, 0.05) is 11.1 Å². The van der Waals surface area contributed by atoms with Crippen molar-refractivity contribution in [2.75, 3.05) is 6.54 Å². The van der Waals surface area contributed by atoms with E-state index in [2.05, 4.69) is 38.0 Å². The molecule has 0 saturated heterocycles. The molecule has 1 N–H and O–H groups in total. The Balaban J connectivity index is 2.06. The number of aryl methyl sites for hydroxylation is 1. The van der Waals surface area contributed by atoms with Gasteiger partial charge in [0.25, 0.3) is 0 Å². The van der Waals surface area contributed by atoms with E-state index in [0.717, 1.165) is 6.54 Å². The third-order valence-corrected chi connectivity index (χ3v) is 4.99. The van der Waals surface area contributed by atoms with Crippen LogP contribution in [0.5, 0.6) is 0 Å². The number of nitrogens with one attached hydrogen (secondary N) is 1. The van der Waals surface area contributed by atoms with Gasteiger partial charge in [-0.05, 0) is 33.7 Å². The van der Waals surface area contributed by atoms with Crippen molar-refractivity contribution < 1.29 is 0 Å². The van der Waals surface area contributed by atoms with Gasteiger partial charge >= 0.3 is 0 Å². The molecule has 0 aliphatic heterocycles. The zero-order valence-electron chi connectivity index (χ0n) is 13.8. The predicted molar refractivity (Wildman–Crippen MR) is 90.5 cm³/mol. The van der Waals surface area contributed by atoms with Crippen LogP contribution in [0, 0.1) is 6.92 Å². The van der Waals surface area contributed by atoms with Gasteiger partial charge in [-0.2, -0.15) is 0 Å². The van der Waals surface area contributed by atoms with Gasteiger partial charge in [-0.3, -0.25) is 0 Å². The summed E-state index contributed by atoms with van der Waals surface area (Å²) < 4.78 is 0. The zero-order valence-corrected chi connectivity index (χ0v) is 14.6. The van der Waals surface area contributed by atoms with Crippen LogP contribution in [0.15, 0.2) is 6.20 Å². The first-order valence-electron chi connectivity index (χ1n) is 8.24. The molecule has 0 bridgehead atoms. The van der Waals surface area contributed by atoms with Crippen LogP contribution in [0.1, 0.15) is 82.0 Å². The molecule has 3 heteroatoms. The molecule has 1 rings (SSSR count). The lowest BCUT2D eigenvalue weighted by Gasteiger charge is -2.23. The van der Waals surface area contributed by atoms with Crippen LogP contribution in [0.25, 0.3) is 0 Å². The minimum absolute atomic E-state index is 0.0139. The van der Waals surface area contributed by atoms with E-state index in [1.54, 1.807) is 11.3 Å². The predicted octanol–water partition coefficient (Wildman–Crippen LogP) is 5.42. The lowest BCUT2D eigenvalue weighted by atomic mass is 10.1. The molecule has 20 heavy (non-hydrogen) atoms. The molecule has 0 aliphatic carbocycles. The highest BCUT2D eigenvalue weighted by Crippen LogP contribution is 2.24. The fraction of sp³-hybridized carbons (Fsp3) is 0.824. The Morgan fingerprint density at radius 3 is 2.20 bits per heavy atom. The normalized spacial score (nSPS) is 12.0. The Morgan fingerprint density at radius 1 is 1.05 bits per heavy atom. The van der Waals surface area contributed by atoms with E-state index in [-0.39, 0.29) is 5.54 Å². The monoisotopic (exact) mass is 296 g/mol. The van der Waals surface area contributed by atoms with Crippen molar-refractivity contribution >= 4 is 11.3 Å². The first-order chi connectivity index (χ1) is 9.56.